The van der Waals surface area contributed by atoms with E-state index in [1.807, 2.05) is 13.8 Å². The van der Waals surface area contributed by atoms with Crippen LogP contribution in [-0.4, -0.2) is 6.54 Å². The van der Waals surface area contributed by atoms with E-state index in [9.17, 15) is 0 Å². The summed E-state index contributed by atoms with van der Waals surface area (Å²) in [4.78, 5) is 0. The predicted molar refractivity (Wildman–Crippen MR) is 51.0 cm³/mol. The lowest BCUT2D eigenvalue weighted by Crippen LogP contribution is -1.90. The van der Waals surface area contributed by atoms with Gasteiger partial charge in [0.2, 0.25) is 0 Å². The highest BCUT2D eigenvalue weighted by molar-refractivity contribution is 4.64. The first-order valence-corrected chi connectivity index (χ1v) is 3.20. The molecule has 1 nitrogen and oxygen atoms in total. The predicted octanol–water partition coefficient (Wildman–Crippen LogP) is 2.52. The van der Waals surface area contributed by atoms with Crippen LogP contribution in [0.2, 0.25) is 0 Å². The van der Waals surface area contributed by atoms with E-state index in [1.54, 1.807) is 18.2 Å². The summed E-state index contributed by atoms with van der Waals surface area (Å²) in [6.45, 7) is 14.4. The normalized spacial score (nSPS) is 5.10. The first kappa shape index (κ1) is 16.1. The van der Waals surface area contributed by atoms with Crippen molar-refractivity contribution in [1.29, 1.82) is 0 Å². The molecule has 0 aliphatic heterocycles. The molecule has 0 bridgehead atoms. The molecule has 0 fully saturated rings. The fourth-order valence-corrected chi connectivity index (χ4v) is 0. The first-order valence-electron chi connectivity index (χ1n) is 3.20. The van der Waals surface area contributed by atoms with Crippen LogP contribution < -0.4 is 5.73 Å². The van der Waals surface area contributed by atoms with Crippen molar-refractivity contribution in [2.75, 3.05) is 6.54 Å². The number of rotatable bonds is 1. The molecular weight excluding hydrogens is 122 g/mol. The van der Waals surface area contributed by atoms with Crippen LogP contribution in [0, 0.1) is 0 Å². The monoisotopic (exact) mass is 141 g/mol. The van der Waals surface area contributed by atoms with Crippen molar-refractivity contribution in [2.45, 2.75) is 13.8 Å². The van der Waals surface area contributed by atoms with Gasteiger partial charge in [-0.2, -0.15) is 0 Å². The SMILES string of the molecule is C=CC.C=CC.C=CCN. The van der Waals surface area contributed by atoms with Crippen molar-refractivity contribution in [3.63, 3.8) is 0 Å². The van der Waals surface area contributed by atoms with Crippen LogP contribution >= 0.6 is 0 Å². The molecule has 10 heavy (non-hydrogen) atoms. The second-order valence-electron chi connectivity index (χ2n) is 1.34. The lowest BCUT2D eigenvalue weighted by atomic mass is 10.7. The average Bonchev–Trinajstić information content (AvgIpc) is 1.91. The third kappa shape index (κ3) is 8460. The Balaban J connectivity index is -0.0000000750. The summed E-state index contributed by atoms with van der Waals surface area (Å²) in [5, 5.41) is 0. The molecule has 0 aromatic carbocycles. The van der Waals surface area contributed by atoms with Crippen LogP contribution in [0.5, 0.6) is 0 Å². The number of hydrogen-bond acceptors (Lipinski definition) is 1. The van der Waals surface area contributed by atoms with E-state index in [0.717, 1.165) is 0 Å². The van der Waals surface area contributed by atoms with Gasteiger partial charge in [0.1, 0.15) is 0 Å². The summed E-state index contributed by atoms with van der Waals surface area (Å²) >= 11 is 0. The molecule has 0 aliphatic carbocycles. The van der Waals surface area contributed by atoms with Crippen molar-refractivity contribution in [3.8, 4) is 0 Å². The molecule has 0 saturated carbocycles. The Bertz CT molecular complexity index is 59.1. The zero-order chi connectivity index (χ0) is 8.83. The van der Waals surface area contributed by atoms with Crippen molar-refractivity contribution >= 4 is 0 Å². The summed E-state index contributed by atoms with van der Waals surface area (Å²) in [5.74, 6) is 0. The van der Waals surface area contributed by atoms with E-state index in [0.29, 0.717) is 6.54 Å². The molecule has 0 unspecified atom stereocenters. The van der Waals surface area contributed by atoms with E-state index in [1.165, 1.54) is 0 Å². The van der Waals surface area contributed by atoms with Crippen LogP contribution in [0.15, 0.2) is 38.0 Å². The van der Waals surface area contributed by atoms with Gasteiger partial charge in [0.15, 0.2) is 0 Å². The second-order valence-corrected chi connectivity index (χ2v) is 1.34. The van der Waals surface area contributed by atoms with Gasteiger partial charge in [0, 0.05) is 6.54 Å². The van der Waals surface area contributed by atoms with Gasteiger partial charge in [-0.1, -0.05) is 18.2 Å². The van der Waals surface area contributed by atoms with E-state index < -0.39 is 0 Å². The van der Waals surface area contributed by atoms with Gasteiger partial charge in [-0.25, -0.2) is 0 Å². The maximum atomic E-state index is 4.91. The number of hydrogen-bond donors (Lipinski definition) is 1. The maximum absolute atomic E-state index is 4.91. The van der Waals surface area contributed by atoms with Gasteiger partial charge in [-0.05, 0) is 13.8 Å². The molecule has 0 aliphatic rings. The molecule has 1 heteroatoms. The maximum Gasteiger partial charge on any atom is 0.0104 e. The summed E-state index contributed by atoms with van der Waals surface area (Å²) in [5.41, 5.74) is 4.91. The van der Waals surface area contributed by atoms with Gasteiger partial charge in [-0.3, -0.25) is 0 Å². The molecule has 0 aromatic heterocycles. The minimum absolute atomic E-state index is 0.583. The Morgan fingerprint density at radius 2 is 1.20 bits per heavy atom. The lowest BCUT2D eigenvalue weighted by Gasteiger charge is -1.61. The van der Waals surface area contributed by atoms with Crippen LogP contribution in [0.3, 0.4) is 0 Å². The van der Waals surface area contributed by atoms with E-state index in [4.69, 9.17) is 5.73 Å². The molecular formula is C9H19N. The Labute approximate surface area is 64.9 Å². The fraction of sp³-hybridized carbons (Fsp3) is 0.333. The fourth-order valence-electron chi connectivity index (χ4n) is 0. The smallest absolute Gasteiger partial charge is 0.0104 e. The minimum Gasteiger partial charge on any atom is -0.327 e. The Hall–Kier alpha value is -0.820. The molecule has 0 amide bonds. The molecule has 0 rings (SSSR count). The highest BCUT2D eigenvalue weighted by Crippen LogP contribution is 1.40. The largest absolute Gasteiger partial charge is 0.327 e. The highest BCUT2D eigenvalue weighted by atomic mass is 14.5. The Morgan fingerprint density at radius 1 is 1.10 bits per heavy atom. The molecule has 0 aromatic rings. The topological polar surface area (TPSA) is 26.0 Å². The van der Waals surface area contributed by atoms with Crippen LogP contribution in [-0.2, 0) is 0 Å². The number of nitrogens with two attached hydrogens (primary N) is 1. The van der Waals surface area contributed by atoms with Crippen LogP contribution in [0.25, 0.3) is 0 Å². The zero-order valence-electron chi connectivity index (χ0n) is 7.14. The first-order chi connectivity index (χ1) is 4.74. The average molecular weight is 141 g/mol. The van der Waals surface area contributed by atoms with Gasteiger partial charge in [-0.15, -0.1) is 19.7 Å². The Kier molecular flexibility index (Phi) is 67.1. The van der Waals surface area contributed by atoms with Crippen molar-refractivity contribution in [3.05, 3.63) is 38.0 Å². The molecule has 0 spiro atoms. The summed E-state index contributed by atoms with van der Waals surface area (Å²) in [7, 11) is 0. The standard InChI is InChI=1S/C3H7N.2C3H6/c1-2-3-4;2*1-3-2/h2H,1,3-4H2;2*3H,1H2,2H3. The molecule has 0 heterocycles. The Morgan fingerprint density at radius 3 is 1.20 bits per heavy atom. The summed E-state index contributed by atoms with van der Waals surface area (Å²) in [6, 6.07) is 0. The van der Waals surface area contributed by atoms with Gasteiger partial charge >= 0.3 is 0 Å². The third-order valence-corrected chi connectivity index (χ3v) is 0.167. The van der Waals surface area contributed by atoms with Crippen LogP contribution in [0.1, 0.15) is 13.8 Å². The molecule has 2 N–H and O–H groups in total. The molecule has 60 valence electrons. The summed E-state index contributed by atoms with van der Waals surface area (Å²) < 4.78 is 0. The van der Waals surface area contributed by atoms with Crippen molar-refractivity contribution in [2.24, 2.45) is 5.73 Å². The molecule has 0 saturated heterocycles. The van der Waals surface area contributed by atoms with E-state index >= 15 is 0 Å². The van der Waals surface area contributed by atoms with Gasteiger partial charge in [0.05, 0.1) is 0 Å². The van der Waals surface area contributed by atoms with Crippen molar-refractivity contribution < 1.29 is 0 Å². The van der Waals surface area contributed by atoms with E-state index in [-0.39, 0.29) is 0 Å². The number of allylic oxidation sites excluding steroid dienone is 2. The minimum atomic E-state index is 0.583. The van der Waals surface area contributed by atoms with E-state index in [2.05, 4.69) is 19.7 Å². The second kappa shape index (κ2) is 41.7. The molecule has 0 atom stereocenters. The third-order valence-electron chi connectivity index (χ3n) is 0.167. The molecule has 0 radical (unpaired) electrons. The van der Waals surface area contributed by atoms with Gasteiger partial charge in [0.25, 0.3) is 0 Å². The van der Waals surface area contributed by atoms with Gasteiger partial charge < -0.3 is 5.73 Å². The quantitative estimate of drug-likeness (QED) is 0.558. The van der Waals surface area contributed by atoms with Crippen LogP contribution in [0.4, 0.5) is 0 Å². The van der Waals surface area contributed by atoms with Crippen molar-refractivity contribution in [1.82, 2.24) is 0 Å². The zero-order valence-corrected chi connectivity index (χ0v) is 7.14. The highest BCUT2D eigenvalue weighted by Gasteiger charge is 1.43. The lowest BCUT2D eigenvalue weighted by molar-refractivity contribution is 1.26. The summed E-state index contributed by atoms with van der Waals surface area (Å²) in [6.07, 6.45) is 5.15.